The van der Waals surface area contributed by atoms with Crippen LogP contribution in [0, 0.1) is 0 Å². The first-order valence-electron chi connectivity index (χ1n) is 25.1. The number of hydrogen-bond donors (Lipinski definition) is 18. The van der Waals surface area contributed by atoms with Crippen LogP contribution in [0.15, 0.2) is 29.3 Å². The number of carbonyl (C=O) groups excluding carboxylic acids is 8. The van der Waals surface area contributed by atoms with E-state index >= 15 is 0 Å². The van der Waals surface area contributed by atoms with E-state index in [1.165, 1.54) is 23.5 Å². The first-order chi connectivity index (χ1) is 35.8. The van der Waals surface area contributed by atoms with Gasteiger partial charge in [-0.3, -0.25) is 43.3 Å². The summed E-state index contributed by atoms with van der Waals surface area (Å²) in [6, 6.07) is -8.90. The number of aromatic nitrogens is 2. The van der Waals surface area contributed by atoms with Gasteiger partial charge in [0.2, 0.25) is 47.3 Å². The molecule has 2 heterocycles. The second kappa shape index (κ2) is 35.4. The van der Waals surface area contributed by atoms with Crippen molar-refractivity contribution in [2.45, 2.75) is 138 Å². The number of rotatable bonds is 37. The van der Waals surface area contributed by atoms with Gasteiger partial charge in [-0.15, -0.1) is 0 Å². The maximum absolute atomic E-state index is 14.2. The minimum absolute atomic E-state index is 0.00625. The van der Waals surface area contributed by atoms with Gasteiger partial charge >= 0.3 is 5.97 Å². The minimum Gasteiger partial charge on any atom is -0.477 e. The summed E-state index contributed by atoms with van der Waals surface area (Å²) in [5.74, 6) is -8.04. The van der Waals surface area contributed by atoms with Crippen molar-refractivity contribution in [2.75, 3.05) is 52.4 Å². The number of nitrogens with one attached hydrogen (secondary N) is 8. The van der Waals surface area contributed by atoms with Crippen LogP contribution in [0.1, 0.15) is 89.2 Å². The molecule has 2 rings (SSSR count). The summed E-state index contributed by atoms with van der Waals surface area (Å²) in [6.07, 6.45) is 5.72. The maximum atomic E-state index is 14.2. The van der Waals surface area contributed by atoms with Crippen LogP contribution in [-0.2, 0) is 49.6 Å². The van der Waals surface area contributed by atoms with Gasteiger partial charge in [0.15, 0.2) is 5.96 Å². The molecule has 75 heavy (non-hydrogen) atoms. The van der Waals surface area contributed by atoms with Crippen molar-refractivity contribution < 1.29 is 53.4 Å². The van der Waals surface area contributed by atoms with E-state index in [4.69, 9.17) is 45.9 Å². The van der Waals surface area contributed by atoms with E-state index in [2.05, 4.69) is 52.2 Å². The van der Waals surface area contributed by atoms with E-state index in [0.29, 0.717) is 44.3 Å². The van der Waals surface area contributed by atoms with Gasteiger partial charge in [0.1, 0.15) is 41.9 Å². The summed E-state index contributed by atoms with van der Waals surface area (Å²) < 4.78 is 0. The predicted octanol–water partition coefficient (Wildman–Crippen LogP) is -7.39. The van der Waals surface area contributed by atoms with E-state index in [1.807, 2.05) is 0 Å². The summed E-state index contributed by atoms with van der Waals surface area (Å²) in [5.41, 5.74) is 44.9. The Labute approximate surface area is 435 Å². The number of aliphatic carboxylic acids is 1. The monoisotopic (exact) mass is 1060 g/mol. The molecule has 8 atom stereocenters. The van der Waals surface area contributed by atoms with Gasteiger partial charge in [-0.05, 0) is 103 Å². The lowest BCUT2D eigenvalue weighted by molar-refractivity contribution is -0.142. The Bertz CT molecular complexity index is 2060. The first-order valence-corrected chi connectivity index (χ1v) is 25.1. The average Bonchev–Trinajstić information content (AvgIpc) is 4.10. The zero-order valence-corrected chi connectivity index (χ0v) is 42.4. The van der Waals surface area contributed by atoms with E-state index in [1.54, 1.807) is 0 Å². The van der Waals surface area contributed by atoms with Gasteiger partial charge in [-0.25, -0.2) is 9.78 Å². The fourth-order valence-electron chi connectivity index (χ4n) is 7.78. The number of nitrogens with zero attached hydrogens (tertiary/aromatic N) is 3. The smallest absolute Gasteiger partial charge is 0.352 e. The van der Waals surface area contributed by atoms with E-state index in [0.717, 1.165) is 0 Å². The zero-order valence-electron chi connectivity index (χ0n) is 42.4. The maximum Gasteiger partial charge on any atom is 0.352 e. The Morgan fingerprint density at radius 1 is 0.747 bits per heavy atom. The number of nitrogens with two attached hydrogens (primary N) is 8. The topological polar surface area (TPSA) is 531 Å². The largest absolute Gasteiger partial charge is 0.477 e. The van der Waals surface area contributed by atoms with Gasteiger partial charge in [0, 0.05) is 37.9 Å². The van der Waals surface area contributed by atoms with Crippen molar-refractivity contribution in [1.29, 1.82) is 0 Å². The summed E-state index contributed by atoms with van der Waals surface area (Å²) in [7, 11) is 0. The Balaban J connectivity index is 2.26. The molecule has 0 spiro atoms. The molecule has 1 aromatic rings. The Hall–Kier alpha value is -6.83. The molecule has 30 heteroatoms. The van der Waals surface area contributed by atoms with E-state index < -0.39 is 120 Å². The third kappa shape index (κ3) is 23.5. The number of likely N-dealkylation sites (tertiary alicyclic amines) is 1. The number of aliphatic imine (C=N–C) groups is 1. The molecule has 8 amide bonds. The molecule has 1 fully saturated rings. The summed E-state index contributed by atoms with van der Waals surface area (Å²) in [4.78, 5) is 133. The lowest BCUT2D eigenvalue weighted by atomic mass is 10.1. The molecule has 0 aromatic carbocycles. The van der Waals surface area contributed by atoms with Crippen molar-refractivity contribution in [3.63, 3.8) is 0 Å². The average molecular weight is 1060 g/mol. The normalized spacial score (nSPS) is 16.2. The molecule has 0 saturated carbocycles. The fraction of sp³-hybridized carbons (Fsp3) is 0.667. The number of guanidine groups is 1. The number of unbranched alkanes of at least 4 members (excludes halogenated alkanes) is 2. The van der Waals surface area contributed by atoms with E-state index in [-0.39, 0.29) is 96.5 Å². The quantitative estimate of drug-likeness (QED) is 0.0127. The second-order valence-electron chi connectivity index (χ2n) is 17.8. The molecule has 26 N–H and O–H groups in total. The molecule has 0 aliphatic carbocycles. The molecule has 1 aliphatic heterocycles. The number of amides is 8. The Morgan fingerprint density at radius 3 is 1.96 bits per heavy atom. The standard InChI is InChI=1S/C45H81N19O11/c46-15-3-1-9-27(51)37(67)63-36(34(65)22-50)42(72)60-28(11-5-17-48)38(68)56-24-35(66)58-30(12-6-18-49)43(73)64-20-8-14-33(64)41(71)62-32(21-26-23-54-25-57-26)40(70)59-29(10-2-4-16-47)39(69)61-31(44(74)75)13-7-19-55-45(52)53/h13,23,25,27-30,32-34,36,65H,1-12,14-22,24,46-51H2,(H,54,57)(H,56,68)(H,58,66)(H,59,70)(H,60,72)(H,61,69)(H,62,71)(H,63,67)(H,74,75)(H4,52,53,55)/b31-13-/t27-,28-,29-,30+,32-,33-,34-,36+/m0/s1. The van der Waals surface area contributed by atoms with Gasteiger partial charge in [-0.1, -0.05) is 12.5 Å². The molecule has 1 aromatic heterocycles. The van der Waals surface area contributed by atoms with Crippen LogP contribution < -0.4 is 83.1 Å². The van der Waals surface area contributed by atoms with E-state index in [9.17, 15) is 53.4 Å². The van der Waals surface area contributed by atoms with Crippen LogP contribution in [0.3, 0.4) is 0 Å². The van der Waals surface area contributed by atoms with Gasteiger partial charge in [-0.2, -0.15) is 0 Å². The highest BCUT2D eigenvalue weighted by Gasteiger charge is 2.40. The SMILES string of the molecule is NCCCC[C@H](NC(=O)[C@H](Cc1cnc[nH]1)NC(=O)[C@@H]1CCCN1C(=O)[C@@H](CCCN)NC(=O)CNC(=O)[C@H](CCCN)NC(=O)[C@H](NC(=O)[C@@H](N)CCCCN)[C@@H](O)CN)C(=O)N/C(=C\CCN=C(N)N)C(=O)O. The molecule has 0 unspecified atom stereocenters. The summed E-state index contributed by atoms with van der Waals surface area (Å²) in [5, 5.41) is 37.9. The van der Waals surface area contributed by atoms with Gasteiger partial charge in [0.05, 0.1) is 25.0 Å². The van der Waals surface area contributed by atoms with Crippen LogP contribution in [0.4, 0.5) is 0 Å². The number of hydrogen-bond acceptors (Lipinski definition) is 18. The first kappa shape index (κ1) is 64.3. The van der Waals surface area contributed by atoms with Crippen LogP contribution in [0.25, 0.3) is 0 Å². The molecule has 1 aliphatic rings. The molecule has 1 saturated heterocycles. The number of imidazole rings is 1. The van der Waals surface area contributed by atoms with Crippen LogP contribution in [-0.4, -0.2) is 185 Å². The third-order valence-corrected chi connectivity index (χ3v) is 11.9. The molecular weight excluding hydrogens is 983 g/mol. The number of carboxylic acid groups (broad SMARTS) is 1. The van der Waals surface area contributed by atoms with Crippen molar-refractivity contribution in [2.24, 2.45) is 50.9 Å². The highest BCUT2D eigenvalue weighted by atomic mass is 16.4. The summed E-state index contributed by atoms with van der Waals surface area (Å²) >= 11 is 0. The number of carboxylic acids is 1. The molecule has 0 bridgehead atoms. The molecular formula is C45H81N19O11. The Kier molecular flexibility index (Phi) is 30.3. The van der Waals surface area contributed by atoms with Crippen LogP contribution >= 0.6 is 0 Å². The Morgan fingerprint density at radius 2 is 1.36 bits per heavy atom. The molecule has 0 radical (unpaired) electrons. The molecule has 30 nitrogen and oxygen atoms in total. The third-order valence-electron chi connectivity index (χ3n) is 11.9. The van der Waals surface area contributed by atoms with Gasteiger partial charge in [0.25, 0.3) is 0 Å². The highest BCUT2D eigenvalue weighted by molar-refractivity contribution is 5.99. The number of aromatic amines is 1. The fourth-order valence-corrected chi connectivity index (χ4v) is 7.78. The minimum atomic E-state index is -1.59. The lowest BCUT2D eigenvalue weighted by Gasteiger charge is -2.30. The van der Waals surface area contributed by atoms with Crippen molar-refractivity contribution in [1.82, 2.24) is 52.1 Å². The molecule has 422 valence electrons. The summed E-state index contributed by atoms with van der Waals surface area (Å²) in [6.45, 7) is -0.0494. The highest BCUT2D eigenvalue weighted by Crippen LogP contribution is 2.20. The van der Waals surface area contributed by atoms with Crippen molar-refractivity contribution >= 4 is 59.2 Å². The zero-order chi connectivity index (χ0) is 55.9. The van der Waals surface area contributed by atoms with Crippen LogP contribution in [0.2, 0.25) is 0 Å². The second-order valence-corrected chi connectivity index (χ2v) is 17.8. The lowest BCUT2D eigenvalue weighted by Crippen LogP contribution is -2.61. The van der Waals surface area contributed by atoms with Crippen molar-refractivity contribution in [3.8, 4) is 0 Å². The number of aliphatic hydroxyl groups excluding tert-OH is 1. The van der Waals surface area contributed by atoms with Crippen LogP contribution in [0.5, 0.6) is 0 Å². The van der Waals surface area contributed by atoms with Gasteiger partial charge < -0.3 is 103 Å². The predicted molar refractivity (Wildman–Crippen MR) is 274 cm³/mol. The van der Waals surface area contributed by atoms with Crippen molar-refractivity contribution in [3.05, 3.63) is 30.0 Å². The number of carbonyl (C=O) groups is 9. The number of H-pyrrole nitrogens is 1. The number of aliphatic hydroxyl groups is 1.